The molecule has 0 unspecified atom stereocenters. The molecule has 0 spiro atoms. The molecule has 0 saturated heterocycles. The predicted octanol–water partition coefficient (Wildman–Crippen LogP) is 4.73. The number of halogens is 3. The van der Waals surface area contributed by atoms with Crippen molar-refractivity contribution in [2.75, 3.05) is 11.1 Å². The van der Waals surface area contributed by atoms with Crippen molar-refractivity contribution in [3.63, 3.8) is 0 Å². The van der Waals surface area contributed by atoms with Gasteiger partial charge in [-0.1, -0.05) is 58.7 Å². The Morgan fingerprint density at radius 1 is 1.19 bits per heavy atom. The van der Waals surface area contributed by atoms with Crippen molar-refractivity contribution < 1.29 is 13.9 Å². The molecule has 2 aromatic heterocycles. The average Bonchev–Trinajstić information content (AvgIpc) is 3.10. The molecule has 3 rings (SSSR count). The maximum atomic E-state index is 12.0. The average molecular weight is 446 g/mol. The van der Waals surface area contributed by atoms with Gasteiger partial charge in [-0.15, -0.1) is 10.2 Å². The van der Waals surface area contributed by atoms with Crippen molar-refractivity contribution >= 4 is 58.3 Å². The van der Waals surface area contributed by atoms with Gasteiger partial charge < -0.3 is 14.5 Å². The molecule has 1 amide bonds. The fraction of sp³-hybridized carbons (Fsp3) is 0.125. The van der Waals surface area contributed by atoms with Crippen LogP contribution >= 0.6 is 46.6 Å². The van der Waals surface area contributed by atoms with Crippen LogP contribution in [0.15, 0.2) is 46.2 Å². The van der Waals surface area contributed by atoms with Gasteiger partial charge in [0.1, 0.15) is 5.75 Å². The molecule has 27 heavy (non-hydrogen) atoms. The normalized spacial score (nSPS) is 10.6. The van der Waals surface area contributed by atoms with Crippen LogP contribution in [0.3, 0.4) is 0 Å². The van der Waals surface area contributed by atoms with Crippen LogP contribution in [-0.2, 0) is 11.4 Å². The molecule has 1 N–H and O–H groups in total. The summed E-state index contributed by atoms with van der Waals surface area (Å²) in [7, 11) is 0. The topological polar surface area (TPSA) is 90.1 Å². The van der Waals surface area contributed by atoms with Gasteiger partial charge in [-0.25, -0.2) is 4.98 Å². The SMILES string of the molecule is O=C(CSc1nnc(COc2ccccc2Cl)o1)Nc1ncc(Cl)cc1Cl. The van der Waals surface area contributed by atoms with Crippen LogP contribution in [0.25, 0.3) is 0 Å². The predicted molar refractivity (Wildman–Crippen MR) is 104 cm³/mol. The van der Waals surface area contributed by atoms with Gasteiger partial charge in [0.05, 0.1) is 20.8 Å². The van der Waals surface area contributed by atoms with E-state index in [9.17, 15) is 4.79 Å². The number of aromatic nitrogens is 3. The fourth-order valence-corrected chi connectivity index (χ4v) is 3.06. The molecule has 0 saturated carbocycles. The maximum Gasteiger partial charge on any atom is 0.277 e. The number of nitrogens with one attached hydrogen (secondary N) is 1. The van der Waals surface area contributed by atoms with E-state index in [0.717, 1.165) is 11.8 Å². The Hall–Kier alpha value is -2.00. The lowest BCUT2D eigenvalue weighted by atomic mass is 10.3. The summed E-state index contributed by atoms with van der Waals surface area (Å²) in [4.78, 5) is 15.9. The molecule has 140 valence electrons. The number of anilines is 1. The molecule has 0 aliphatic carbocycles. The summed E-state index contributed by atoms with van der Waals surface area (Å²) in [6, 6.07) is 8.54. The van der Waals surface area contributed by atoms with Gasteiger partial charge in [0.25, 0.3) is 11.1 Å². The lowest BCUT2D eigenvalue weighted by Crippen LogP contribution is -2.15. The van der Waals surface area contributed by atoms with Gasteiger partial charge in [-0.2, -0.15) is 0 Å². The molecule has 7 nitrogen and oxygen atoms in total. The van der Waals surface area contributed by atoms with Crippen molar-refractivity contribution in [3.05, 3.63) is 57.5 Å². The van der Waals surface area contributed by atoms with Crippen LogP contribution in [0.4, 0.5) is 5.82 Å². The zero-order chi connectivity index (χ0) is 19.2. The molecule has 1 aromatic carbocycles. The van der Waals surface area contributed by atoms with Gasteiger partial charge in [-0.05, 0) is 18.2 Å². The van der Waals surface area contributed by atoms with Crippen LogP contribution < -0.4 is 10.1 Å². The largest absolute Gasteiger partial charge is 0.482 e. The zero-order valence-corrected chi connectivity index (χ0v) is 16.6. The summed E-state index contributed by atoms with van der Waals surface area (Å²) >= 11 is 18.8. The van der Waals surface area contributed by atoms with Crippen molar-refractivity contribution in [3.8, 4) is 5.75 Å². The standard InChI is InChI=1S/C16H11Cl3N4O3S/c17-9-5-11(19)15(20-6-9)21-13(24)8-27-16-23-22-14(26-16)7-25-12-4-2-1-3-10(12)18/h1-6H,7-8H2,(H,20,21,24). The third kappa shape index (κ3) is 5.74. The number of thioether (sulfide) groups is 1. The van der Waals surface area contributed by atoms with Crippen molar-refractivity contribution in [1.29, 1.82) is 0 Å². The molecule has 3 aromatic rings. The Labute approximate surface area is 173 Å². The number of hydrogen-bond acceptors (Lipinski definition) is 7. The van der Waals surface area contributed by atoms with Crippen LogP contribution in [0.2, 0.25) is 15.1 Å². The first-order chi connectivity index (χ1) is 13.0. The second kappa shape index (κ2) is 9.27. The Bertz CT molecular complexity index is 954. The number of amides is 1. The lowest BCUT2D eigenvalue weighted by Gasteiger charge is -2.05. The quantitative estimate of drug-likeness (QED) is 0.525. The number of rotatable bonds is 7. The van der Waals surface area contributed by atoms with E-state index in [1.54, 1.807) is 24.3 Å². The van der Waals surface area contributed by atoms with Crippen molar-refractivity contribution in [2.24, 2.45) is 0 Å². The van der Waals surface area contributed by atoms with E-state index in [4.69, 9.17) is 44.0 Å². The summed E-state index contributed by atoms with van der Waals surface area (Å²) in [5.41, 5.74) is 0. The van der Waals surface area contributed by atoms with E-state index in [1.807, 2.05) is 0 Å². The highest BCUT2D eigenvalue weighted by atomic mass is 35.5. The van der Waals surface area contributed by atoms with E-state index in [-0.39, 0.29) is 40.2 Å². The number of hydrogen-bond donors (Lipinski definition) is 1. The summed E-state index contributed by atoms with van der Waals surface area (Å²) < 4.78 is 10.9. The zero-order valence-electron chi connectivity index (χ0n) is 13.5. The van der Waals surface area contributed by atoms with Gasteiger partial charge in [0.15, 0.2) is 12.4 Å². The van der Waals surface area contributed by atoms with Gasteiger partial charge in [0, 0.05) is 6.20 Å². The minimum atomic E-state index is -0.330. The van der Waals surface area contributed by atoms with Gasteiger partial charge >= 0.3 is 0 Å². The number of carbonyl (C=O) groups excluding carboxylic acids is 1. The monoisotopic (exact) mass is 444 g/mol. The third-order valence-electron chi connectivity index (χ3n) is 3.03. The van der Waals surface area contributed by atoms with E-state index < -0.39 is 0 Å². The molecule has 0 bridgehead atoms. The molecule has 2 heterocycles. The molecule has 0 atom stereocenters. The number of pyridine rings is 1. The fourth-order valence-electron chi connectivity index (χ4n) is 1.86. The molecular weight excluding hydrogens is 435 g/mol. The number of benzene rings is 1. The first-order valence-electron chi connectivity index (χ1n) is 7.44. The van der Waals surface area contributed by atoms with Crippen LogP contribution in [0, 0.1) is 0 Å². The Morgan fingerprint density at radius 2 is 2.00 bits per heavy atom. The summed E-state index contributed by atoms with van der Waals surface area (Å²) in [5.74, 6) is 0.710. The molecular formula is C16H11Cl3N4O3S. The van der Waals surface area contributed by atoms with E-state index in [2.05, 4.69) is 20.5 Å². The minimum absolute atomic E-state index is 0.0354. The number of ether oxygens (including phenoxy) is 1. The smallest absolute Gasteiger partial charge is 0.277 e. The first-order valence-corrected chi connectivity index (χ1v) is 9.56. The number of carbonyl (C=O) groups is 1. The van der Waals surface area contributed by atoms with Crippen molar-refractivity contribution in [2.45, 2.75) is 11.8 Å². The van der Waals surface area contributed by atoms with Crippen LogP contribution in [-0.4, -0.2) is 26.8 Å². The molecule has 0 aliphatic heterocycles. The third-order valence-corrected chi connectivity index (χ3v) is 4.65. The Morgan fingerprint density at radius 3 is 2.78 bits per heavy atom. The lowest BCUT2D eigenvalue weighted by molar-refractivity contribution is -0.113. The molecule has 0 radical (unpaired) electrons. The van der Waals surface area contributed by atoms with Gasteiger partial charge in [0.2, 0.25) is 5.91 Å². The Kier molecular flexibility index (Phi) is 6.78. The molecule has 0 fully saturated rings. The maximum absolute atomic E-state index is 12.0. The summed E-state index contributed by atoms with van der Waals surface area (Å²) in [6.07, 6.45) is 1.39. The van der Waals surface area contributed by atoms with Gasteiger partial charge in [-0.3, -0.25) is 4.79 Å². The first kappa shape index (κ1) is 19.8. The van der Waals surface area contributed by atoms with E-state index >= 15 is 0 Å². The highest BCUT2D eigenvalue weighted by Gasteiger charge is 2.13. The second-order valence-corrected chi connectivity index (χ2v) is 7.18. The van der Waals surface area contributed by atoms with Crippen LogP contribution in [0.1, 0.15) is 5.89 Å². The van der Waals surface area contributed by atoms with E-state index in [1.165, 1.54) is 12.3 Å². The second-order valence-electron chi connectivity index (χ2n) is 5.00. The highest BCUT2D eigenvalue weighted by Crippen LogP contribution is 2.25. The summed E-state index contributed by atoms with van der Waals surface area (Å²) in [6.45, 7) is 0.0633. The van der Waals surface area contributed by atoms with Crippen LogP contribution in [0.5, 0.6) is 5.75 Å². The van der Waals surface area contributed by atoms with E-state index in [0.29, 0.717) is 15.8 Å². The highest BCUT2D eigenvalue weighted by molar-refractivity contribution is 7.99. The molecule has 11 heteroatoms. The number of nitrogens with zero attached hydrogens (tertiary/aromatic N) is 3. The minimum Gasteiger partial charge on any atom is -0.482 e. The summed E-state index contributed by atoms with van der Waals surface area (Å²) in [5, 5.41) is 11.6. The number of para-hydroxylation sites is 1. The van der Waals surface area contributed by atoms with Crippen molar-refractivity contribution in [1.82, 2.24) is 15.2 Å². The molecule has 0 aliphatic rings. The Balaban J connectivity index is 1.49.